The minimum Gasteiger partial charge on any atom is -0.465 e. The number of carbonyl (C=O) groups is 6. The second-order valence-electron chi connectivity index (χ2n) is 12.5. The molecule has 4 aliphatic rings. The quantitative estimate of drug-likeness (QED) is 0.0804. The average Bonchev–Trinajstić information content (AvgIpc) is 3.82. The Morgan fingerprint density at radius 3 is 1.13 bits per heavy atom. The van der Waals surface area contributed by atoms with E-state index in [4.69, 9.17) is 28.4 Å². The molecule has 4 unspecified atom stereocenters. The van der Waals surface area contributed by atoms with Crippen molar-refractivity contribution in [1.29, 1.82) is 0 Å². The van der Waals surface area contributed by atoms with Crippen LogP contribution in [-0.4, -0.2) is 75.5 Å². The Hall–Kier alpha value is -3.70. The number of hydrogen-bond donors (Lipinski definition) is 0. The highest BCUT2D eigenvalue weighted by Gasteiger charge is 2.74. The van der Waals surface area contributed by atoms with Gasteiger partial charge in [0.2, 0.25) is 0 Å². The maximum absolute atomic E-state index is 12.9. The van der Waals surface area contributed by atoms with Crippen LogP contribution in [0.3, 0.4) is 0 Å². The summed E-state index contributed by atoms with van der Waals surface area (Å²) in [5.41, 5.74) is -4.02. The van der Waals surface area contributed by atoms with Crippen molar-refractivity contribution in [2.45, 2.75) is 72.6 Å². The van der Waals surface area contributed by atoms with E-state index in [2.05, 4.69) is 13.2 Å². The van der Waals surface area contributed by atoms with Crippen LogP contribution in [-0.2, 0) is 57.2 Å². The molecule has 0 heterocycles. The van der Waals surface area contributed by atoms with Crippen LogP contribution in [0.15, 0.2) is 24.3 Å². The maximum atomic E-state index is 12.9. The molecule has 0 radical (unpaired) electrons. The third-order valence-corrected chi connectivity index (χ3v) is 10.0. The molecule has 0 bridgehead atoms. The summed E-state index contributed by atoms with van der Waals surface area (Å²) in [4.78, 5) is 77.1. The first-order valence-corrected chi connectivity index (χ1v) is 15.8. The van der Waals surface area contributed by atoms with E-state index >= 15 is 0 Å². The molecule has 12 heteroatoms. The van der Waals surface area contributed by atoms with Crippen LogP contribution < -0.4 is 0 Å². The van der Waals surface area contributed by atoms with Gasteiger partial charge in [0.15, 0.2) is 10.8 Å². The zero-order chi connectivity index (χ0) is 33.2. The van der Waals surface area contributed by atoms with Crippen molar-refractivity contribution in [2.75, 3.05) is 39.6 Å². The van der Waals surface area contributed by atoms with Crippen LogP contribution in [0, 0.1) is 33.5 Å². The normalized spacial score (nSPS) is 27.6. The fourth-order valence-corrected chi connectivity index (χ4v) is 7.58. The van der Waals surface area contributed by atoms with Crippen molar-refractivity contribution < 1.29 is 57.2 Å². The number of carbonyl (C=O) groups excluding carboxylic acids is 6. The molecule has 0 spiro atoms. The van der Waals surface area contributed by atoms with Crippen molar-refractivity contribution in [1.82, 2.24) is 0 Å². The third-order valence-electron chi connectivity index (χ3n) is 10.0. The Labute approximate surface area is 263 Å². The molecular formula is C33H44O12. The van der Waals surface area contributed by atoms with Gasteiger partial charge in [-0.1, -0.05) is 13.2 Å². The minimum atomic E-state index is -1.47. The Kier molecular flexibility index (Phi) is 9.84. The number of esters is 6. The largest absolute Gasteiger partial charge is 0.465 e. The summed E-state index contributed by atoms with van der Waals surface area (Å²) in [5.74, 6) is -4.07. The lowest BCUT2D eigenvalue weighted by molar-refractivity contribution is -0.174. The van der Waals surface area contributed by atoms with E-state index in [0.29, 0.717) is 12.8 Å². The third kappa shape index (κ3) is 5.88. The summed E-state index contributed by atoms with van der Waals surface area (Å²) >= 11 is 0. The minimum absolute atomic E-state index is 0.0537. The van der Waals surface area contributed by atoms with Crippen molar-refractivity contribution in [3.63, 3.8) is 0 Å². The molecular weight excluding hydrogens is 588 g/mol. The summed E-state index contributed by atoms with van der Waals surface area (Å²) in [7, 11) is 0. The van der Waals surface area contributed by atoms with Crippen LogP contribution >= 0.6 is 0 Å². The molecule has 0 aromatic rings. The predicted octanol–water partition coefficient (Wildman–Crippen LogP) is 3.40. The highest BCUT2D eigenvalue weighted by molar-refractivity contribution is 6.03. The van der Waals surface area contributed by atoms with E-state index < -0.39 is 57.5 Å². The van der Waals surface area contributed by atoms with Crippen molar-refractivity contribution in [2.24, 2.45) is 33.5 Å². The van der Waals surface area contributed by atoms with Gasteiger partial charge in [0.25, 0.3) is 0 Å². The van der Waals surface area contributed by atoms with Crippen molar-refractivity contribution in [3.8, 4) is 0 Å². The van der Waals surface area contributed by atoms with Gasteiger partial charge in [-0.25, -0.2) is 9.59 Å². The number of rotatable bonds is 16. The lowest BCUT2D eigenvalue weighted by Crippen LogP contribution is -2.42. The molecule has 0 amide bonds. The van der Waals surface area contributed by atoms with Gasteiger partial charge >= 0.3 is 35.8 Å². The van der Waals surface area contributed by atoms with E-state index in [1.165, 1.54) is 0 Å². The fourth-order valence-electron chi connectivity index (χ4n) is 7.58. The highest BCUT2D eigenvalue weighted by Crippen LogP contribution is 2.74. The molecule has 45 heavy (non-hydrogen) atoms. The van der Waals surface area contributed by atoms with Crippen LogP contribution in [0.2, 0.25) is 0 Å². The zero-order valence-electron chi connectivity index (χ0n) is 26.7. The van der Waals surface area contributed by atoms with Gasteiger partial charge in [-0.2, -0.15) is 0 Å². The Balaban J connectivity index is 1.26. The first-order chi connectivity index (χ1) is 21.3. The maximum Gasteiger partial charge on any atom is 0.333 e. The van der Waals surface area contributed by atoms with Gasteiger partial charge < -0.3 is 28.4 Å². The molecule has 12 nitrogen and oxygen atoms in total. The lowest BCUT2D eigenvalue weighted by Gasteiger charge is -2.28. The topological polar surface area (TPSA) is 158 Å². The smallest absolute Gasteiger partial charge is 0.333 e. The summed E-state index contributed by atoms with van der Waals surface area (Å²) in [5, 5.41) is 0. The fraction of sp³-hybridized carbons (Fsp3) is 0.697. The predicted molar refractivity (Wildman–Crippen MR) is 156 cm³/mol. The molecule has 4 atom stereocenters. The molecule has 0 N–H and O–H groups in total. The monoisotopic (exact) mass is 632 g/mol. The van der Waals surface area contributed by atoms with Crippen LogP contribution in [0.4, 0.5) is 0 Å². The molecule has 4 fully saturated rings. The number of ether oxygens (including phenoxy) is 6. The lowest BCUT2D eigenvalue weighted by atomic mass is 9.79. The van der Waals surface area contributed by atoms with E-state index in [9.17, 15) is 28.8 Å². The highest BCUT2D eigenvalue weighted by atomic mass is 16.6. The van der Waals surface area contributed by atoms with Crippen molar-refractivity contribution in [3.05, 3.63) is 24.3 Å². The van der Waals surface area contributed by atoms with Crippen molar-refractivity contribution >= 4 is 35.8 Å². The molecule has 248 valence electrons. The first-order valence-electron chi connectivity index (χ1n) is 15.8. The second kappa shape index (κ2) is 13.0. The molecule has 0 aromatic heterocycles. The summed E-state index contributed by atoms with van der Waals surface area (Å²) < 4.78 is 31.6. The number of fused-ring (bicyclic) bond motifs is 2. The summed E-state index contributed by atoms with van der Waals surface area (Å²) in [6.45, 7) is 14.9. The van der Waals surface area contributed by atoms with E-state index in [0.717, 1.165) is 0 Å². The zero-order valence-corrected chi connectivity index (χ0v) is 26.7. The standard InChI is InChI=1S/C33H44O12/c1-7-40-26(36)32(27(37)41-8-2)16-22-14-30(22,18-32)20(5)24(34)44-12-11-13-45-25(35)21(6)31-15-23(31)17-33(19-31,28(38)42-9-3)29(39)43-10-4/h22-23H,5-19H2,1-4H3. The Morgan fingerprint density at radius 2 is 0.844 bits per heavy atom. The van der Waals surface area contributed by atoms with Crippen LogP contribution in [0.1, 0.15) is 72.6 Å². The van der Waals surface area contributed by atoms with Gasteiger partial charge in [-0.05, 0) is 78.1 Å². The number of hydrogen-bond acceptors (Lipinski definition) is 12. The van der Waals surface area contributed by atoms with Gasteiger partial charge in [-0.3, -0.25) is 19.2 Å². The van der Waals surface area contributed by atoms with Gasteiger partial charge in [0.05, 0.1) is 39.6 Å². The SMILES string of the molecule is C=C(C(=O)OCCCOC(=O)C(=C)C12CC1CC(C(=O)OCC)(C(=O)OCC)C2)C12CC1CC(C(=O)OCC)(C(=O)OCC)C2. The van der Waals surface area contributed by atoms with Gasteiger partial charge in [-0.15, -0.1) is 0 Å². The summed E-state index contributed by atoms with van der Waals surface area (Å²) in [6.07, 6.45) is 2.02. The Morgan fingerprint density at radius 1 is 0.533 bits per heavy atom. The first kappa shape index (κ1) is 34.2. The molecule has 4 rings (SSSR count). The van der Waals surface area contributed by atoms with E-state index in [-0.39, 0.29) is 94.7 Å². The van der Waals surface area contributed by atoms with E-state index in [1.807, 2.05) is 0 Å². The average molecular weight is 633 g/mol. The molecule has 4 aliphatic carbocycles. The molecule has 0 aromatic carbocycles. The molecule has 0 saturated heterocycles. The van der Waals surface area contributed by atoms with E-state index in [1.54, 1.807) is 27.7 Å². The van der Waals surface area contributed by atoms with Gasteiger partial charge in [0, 0.05) is 28.4 Å². The molecule has 0 aliphatic heterocycles. The Bertz CT molecular complexity index is 1150. The molecule has 4 saturated carbocycles. The summed E-state index contributed by atoms with van der Waals surface area (Å²) in [6, 6.07) is 0. The van der Waals surface area contributed by atoms with Gasteiger partial charge in [0.1, 0.15) is 0 Å². The van der Waals surface area contributed by atoms with Crippen LogP contribution in [0.25, 0.3) is 0 Å². The second-order valence-corrected chi connectivity index (χ2v) is 12.5. The van der Waals surface area contributed by atoms with Crippen LogP contribution in [0.5, 0.6) is 0 Å².